The van der Waals surface area contributed by atoms with E-state index in [9.17, 15) is 9.59 Å². The third kappa shape index (κ3) is 5.66. The number of hydrogen-bond donors (Lipinski definition) is 1. The minimum atomic E-state index is -0.298. The van der Waals surface area contributed by atoms with Gasteiger partial charge in [-0.1, -0.05) is 41.6 Å². The lowest BCUT2D eigenvalue weighted by Gasteiger charge is -2.17. The molecule has 4 rings (SSSR count). The standard InChI is InChI=1S/C21H22ClN5O2S2/c1-26(12-19(28)23-17-7-3-2-6-16(17)22)20(29)13-31-21-25-24-18(27(21)14-8-9-14)11-15-5-4-10-30-15/h2-7,10,14H,8-9,11-13H2,1H3,(H,23,28). The van der Waals surface area contributed by atoms with E-state index in [2.05, 4.69) is 31.5 Å². The number of halogens is 1. The van der Waals surface area contributed by atoms with Crippen LogP contribution in [0, 0.1) is 0 Å². The molecule has 3 aromatic rings. The van der Waals surface area contributed by atoms with Crippen LogP contribution < -0.4 is 5.32 Å². The molecule has 1 aliphatic carbocycles. The number of carbonyl (C=O) groups is 2. The molecule has 0 aliphatic heterocycles. The molecule has 162 valence electrons. The van der Waals surface area contributed by atoms with Gasteiger partial charge in [-0.05, 0) is 36.4 Å². The second kappa shape index (κ2) is 9.84. The van der Waals surface area contributed by atoms with E-state index in [1.54, 1.807) is 42.6 Å². The maximum Gasteiger partial charge on any atom is 0.244 e. The van der Waals surface area contributed by atoms with Crippen LogP contribution in [0.5, 0.6) is 0 Å². The Morgan fingerprint density at radius 3 is 2.77 bits per heavy atom. The predicted octanol–water partition coefficient (Wildman–Crippen LogP) is 4.11. The fourth-order valence-electron chi connectivity index (χ4n) is 3.09. The van der Waals surface area contributed by atoms with E-state index < -0.39 is 0 Å². The first kappa shape index (κ1) is 21.9. The lowest BCUT2D eigenvalue weighted by atomic mass is 10.3. The van der Waals surface area contributed by atoms with Crippen molar-refractivity contribution in [2.24, 2.45) is 0 Å². The molecule has 0 radical (unpaired) electrons. The molecule has 1 saturated carbocycles. The van der Waals surface area contributed by atoms with Gasteiger partial charge in [0.05, 0.1) is 23.0 Å². The number of amides is 2. The van der Waals surface area contributed by atoms with Crippen LogP contribution in [0.4, 0.5) is 5.69 Å². The van der Waals surface area contributed by atoms with Gasteiger partial charge in [0.25, 0.3) is 0 Å². The Kier molecular flexibility index (Phi) is 6.94. The van der Waals surface area contributed by atoms with Gasteiger partial charge < -0.3 is 14.8 Å². The van der Waals surface area contributed by atoms with Crippen LogP contribution in [0.2, 0.25) is 5.02 Å². The van der Waals surface area contributed by atoms with Crippen LogP contribution in [0.1, 0.15) is 29.6 Å². The molecule has 0 atom stereocenters. The highest BCUT2D eigenvalue weighted by atomic mass is 35.5. The number of para-hydroxylation sites is 1. The summed E-state index contributed by atoms with van der Waals surface area (Å²) in [6.07, 6.45) is 2.97. The Hall–Kier alpha value is -2.36. The SMILES string of the molecule is CN(CC(=O)Nc1ccccc1Cl)C(=O)CSc1nnc(Cc2cccs2)n1C1CC1. The lowest BCUT2D eigenvalue weighted by Crippen LogP contribution is -2.36. The number of anilines is 1. The largest absolute Gasteiger partial charge is 0.336 e. The highest BCUT2D eigenvalue weighted by Crippen LogP contribution is 2.39. The summed E-state index contributed by atoms with van der Waals surface area (Å²) in [6.45, 7) is -0.0520. The van der Waals surface area contributed by atoms with E-state index in [-0.39, 0.29) is 24.1 Å². The van der Waals surface area contributed by atoms with Crippen LogP contribution >= 0.6 is 34.7 Å². The summed E-state index contributed by atoms with van der Waals surface area (Å²) >= 11 is 9.13. The number of aromatic nitrogens is 3. The molecule has 1 aliphatic rings. The molecule has 2 aromatic heterocycles. The van der Waals surface area contributed by atoms with Crippen molar-refractivity contribution < 1.29 is 9.59 Å². The Balaban J connectivity index is 1.32. The topological polar surface area (TPSA) is 80.1 Å². The summed E-state index contributed by atoms with van der Waals surface area (Å²) in [5.41, 5.74) is 0.528. The van der Waals surface area contributed by atoms with Gasteiger partial charge in [-0.25, -0.2) is 0 Å². The van der Waals surface area contributed by atoms with Crippen LogP contribution in [0.3, 0.4) is 0 Å². The lowest BCUT2D eigenvalue weighted by molar-refractivity contribution is -0.131. The van der Waals surface area contributed by atoms with Gasteiger partial charge in [0.15, 0.2) is 5.16 Å². The first-order valence-corrected chi connectivity index (χ1v) is 12.1. The van der Waals surface area contributed by atoms with Gasteiger partial charge in [0.1, 0.15) is 5.82 Å². The molecule has 0 saturated heterocycles. The minimum Gasteiger partial charge on any atom is -0.336 e. The van der Waals surface area contributed by atoms with Crippen molar-refractivity contribution in [3.63, 3.8) is 0 Å². The maximum atomic E-state index is 12.6. The minimum absolute atomic E-state index is 0.0520. The average molecular weight is 476 g/mol. The summed E-state index contributed by atoms with van der Waals surface area (Å²) in [7, 11) is 1.61. The molecule has 0 bridgehead atoms. The van der Waals surface area contributed by atoms with E-state index in [1.165, 1.54) is 21.5 Å². The van der Waals surface area contributed by atoms with E-state index in [4.69, 9.17) is 11.6 Å². The molecular weight excluding hydrogens is 454 g/mol. The van der Waals surface area contributed by atoms with Crippen molar-refractivity contribution in [2.45, 2.75) is 30.5 Å². The number of nitrogens with zero attached hydrogens (tertiary/aromatic N) is 4. The summed E-state index contributed by atoms with van der Waals surface area (Å²) in [5, 5.41) is 14.7. The van der Waals surface area contributed by atoms with Crippen molar-refractivity contribution >= 4 is 52.2 Å². The second-order valence-corrected chi connectivity index (χ2v) is 9.70. The molecule has 0 spiro atoms. The number of carbonyl (C=O) groups excluding carboxylic acids is 2. The third-order valence-electron chi connectivity index (χ3n) is 4.84. The monoisotopic (exact) mass is 475 g/mol. The third-order valence-corrected chi connectivity index (χ3v) is 6.97. The number of thioether (sulfide) groups is 1. The quantitative estimate of drug-likeness (QED) is 0.471. The zero-order chi connectivity index (χ0) is 21.8. The van der Waals surface area contributed by atoms with Gasteiger partial charge in [0.2, 0.25) is 11.8 Å². The smallest absolute Gasteiger partial charge is 0.244 e. The van der Waals surface area contributed by atoms with Gasteiger partial charge in [-0.2, -0.15) is 0 Å². The molecule has 2 heterocycles. The van der Waals surface area contributed by atoms with Crippen molar-refractivity contribution in [3.8, 4) is 0 Å². The zero-order valence-electron chi connectivity index (χ0n) is 17.0. The van der Waals surface area contributed by atoms with Crippen LogP contribution in [-0.4, -0.2) is 50.8 Å². The molecule has 31 heavy (non-hydrogen) atoms. The van der Waals surface area contributed by atoms with Gasteiger partial charge in [-0.15, -0.1) is 21.5 Å². The first-order chi connectivity index (χ1) is 15.0. The zero-order valence-corrected chi connectivity index (χ0v) is 19.3. The predicted molar refractivity (Wildman–Crippen MR) is 124 cm³/mol. The number of rotatable bonds is 9. The second-order valence-electron chi connectivity index (χ2n) is 7.32. The maximum absolute atomic E-state index is 12.6. The van der Waals surface area contributed by atoms with E-state index in [0.717, 1.165) is 30.2 Å². The van der Waals surface area contributed by atoms with Gasteiger partial charge >= 0.3 is 0 Å². The molecule has 10 heteroatoms. The van der Waals surface area contributed by atoms with E-state index in [1.807, 2.05) is 6.07 Å². The molecule has 2 amide bonds. The fraction of sp³-hybridized carbons (Fsp3) is 0.333. The summed E-state index contributed by atoms with van der Waals surface area (Å²) in [5.74, 6) is 0.685. The van der Waals surface area contributed by atoms with E-state index in [0.29, 0.717) is 16.8 Å². The number of benzene rings is 1. The van der Waals surface area contributed by atoms with Crippen molar-refractivity contribution in [1.29, 1.82) is 0 Å². The van der Waals surface area contributed by atoms with E-state index >= 15 is 0 Å². The van der Waals surface area contributed by atoms with Crippen molar-refractivity contribution in [3.05, 3.63) is 57.5 Å². The van der Waals surface area contributed by atoms with Crippen LogP contribution in [0.15, 0.2) is 46.9 Å². The summed E-state index contributed by atoms with van der Waals surface area (Å²) in [4.78, 5) is 27.5. The molecule has 1 fully saturated rings. The molecular formula is C21H22ClN5O2S2. The van der Waals surface area contributed by atoms with Crippen molar-refractivity contribution in [1.82, 2.24) is 19.7 Å². The molecule has 1 N–H and O–H groups in total. The average Bonchev–Trinajstić information content (AvgIpc) is 3.30. The van der Waals surface area contributed by atoms with Gasteiger partial charge in [-0.3, -0.25) is 9.59 Å². The Morgan fingerprint density at radius 1 is 1.26 bits per heavy atom. The molecule has 7 nitrogen and oxygen atoms in total. The number of hydrogen-bond acceptors (Lipinski definition) is 6. The van der Waals surface area contributed by atoms with Crippen LogP contribution in [0.25, 0.3) is 0 Å². The highest BCUT2D eigenvalue weighted by Gasteiger charge is 2.30. The Labute approximate surface area is 193 Å². The summed E-state index contributed by atoms with van der Waals surface area (Å²) < 4.78 is 2.17. The number of likely N-dealkylation sites (N-methyl/N-ethyl adjacent to an activating group) is 1. The molecule has 0 unspecified atom stereocenters. The normalized spacial score (nSPS) is 13.2. The van der Waals surface area contributed by atoms with Crippen molar-refractivity contribution in [2.75, 3.05) is 24.7 Å². The number of nitrogens with one attached hydrogen (secondary N) is 1. The highest BCUT2D eigenvalue weighted by molar-refractivity contribution is 7.99. The van der Waals surface area contributed by atoms with Gasteiger partial charge in [0, 0.05) is 24.4 Å². The first-order valence-electron chi connectivity index (χ1n) is 9.88. The summed E-state index contributed by atoms with van der Waals surface area (Å²) in [6, 6.07) is 11.5. The number of thiophene rings is 1. The fourth-order valence-corrected chi connectivity index (χ4v) is 4.94. The Bertz CT molecular complexity index is 1070. The Morgan fingerprint density at radius 2 is 2.06 bits per heavy atom. The van der Waals surface area contributed by atoms with Crippen LogP contribution in [-0.2, 0) is 16.0 Å². The molecule has 1 aromatic carbocycles.